The van der Waals surface area contributed by atoms with Crippen LogP contribution in [0.4, 0.5) is 0 Å². The van der Waals surface area contributed by atoms with Crippen molar-refractivity contribution in [2.24, 2.45) is 0 Å². The first kappa shape index (κ1) is 18.8. The summed E-state index contributed by atoms with van der Waals surface area (Å²) in [6.45, 7) is 9.48. The SMILES string of the molecule is CC(C)=CCC/C(C)=C/C(=O)NC(=N)NC(=O)C=C(C)C. The Morgan fingerprint density at radius 2 is 1.43 bits per heavy atom. The van der Waals surface area contributed by atoms with Crippen LogP contribution in [0.1, 0.15) is 47.5 Å². The zero-order chi connectivity index (χ0) is 16.4. The topological polar surface area (TPSA) is 82.1 Å². The monoisotopic (exact) mass is 291 g/mol. The summed E-state index contributed by atoms with van der Waals surface area (Å²) in [5.74, 6) is -1.16. The molecule has 0 aliphatic rings. The number of guanidine groups is 1. The van der Waals surface area contributed by atoms with E-state index in [1.54, 1.807) is 13.8 Å². The Labute approximate surface area is 126 Å². The standard InChI is InChI=1S/C16H25N3O2/c1-11(2)7-6-8-13(5)10-15(21)19-16(17)18-14(20)9-12(3)4/h7,9-10H,6,8H2,1-5H3,(H3,17,18,19,20,21)/b13-10+. The van der Waals surface area contributed by atoms with E-state index in [0.717, 1.165) is 24.0 Å². The fourth-order valence-electron chi connectivity index (χ4n) is 1.50. The van der Waals surface area contributed by atoms with Crippen molar-refractivity contribution in [3.05, 3.63) is 34.9 Å². The third-order valence-electron chi connectivity index (χ3n) is 2.38. The molecule has 0 spiro atoms. The maximum Gasteiger partial charge on any atom is 0.250 e. The van der Waals surface area contributed by atoms with Gasteiger partial charge >= 0.3 is 0 Å². The molecule has 5 nitrogen and oxygen atoms in total. The van der Waals surface area contributed by atoms with Gasteiger partial charge in [0.1, 0.15) is 0 Å². The highest BCUT2D eigenvalue weighted by molar-refractivity contribution is 6.08. The van der Waals surface area contributed by atoms with Crippen molar-refractivity contribution in [3.63, 3.8) is 0 Å². The quantitative estimate of drug-likeness (QED) is 0.315. The molecular weight excluding hydrogens is 266 g/mol. The van der Waals surface area contributed by atoms with Crippen LogP contribution in [0.25, 0.3) is 0 Å². The first-order valence-corrected chi connectivity index (χ1v) is 6.86. The summed E-state index contributed by atoms with van der Waals surface area (Å²) in [5.41, 5.74) is 2.99. The number of carbonyl (C=O) groups is 2. The van der Waals surface area contributed by atoms with Crippen molar-refractivity contribution in [2.45, 2.75) is 47.5 Å². The molecule has 0 unspecified atom stereocenters. The smallest absolute Gasteiger partial charge is 0.250 e. The van der Waals surface area contributed by atoms with Gasteiger partial charge in [-0.05, 0) is 47.5 Å². The van der Waals surface area contributed by atoms with Gasteiger partial charge in [-0.3, -0.25) is 25.6 Å². The van der Waals surface area contributed by atoms with Crippen molar-refractivity contribution in [1.29, 1.82) is 5.41 Å². The molecule has 21 heavy (non-hydrogen) atoms. The van der Waals surface area contributed by atoms with Gasteiger partial charge in [0.2, 0.25) is 5.96 Å². The van der Waals surface area contributed by atoms with Crippen molar-refractivity contribution in [1.82, 2.24) is 10.6 Å². The number of hydrogen-bond donors (Lipinski definition) is 3. The molecule has 2 amide bonds. The lowest BCUT2D eigenvalue weighted by Gasteiger charge is -2.05. The molecule has 0 aromatic rings. The minimum atomic E-state index is -0.426. The van der Waals surface area contributed by atoms with E-state index in [9.17, 15) is 9.59 Å². The van der Waals surface area contributed by atoms with E-state index < -0.39 is 11.8 Å². The average Bonchev–Trinajstić information content (AvgIpc) is 2.25. The fraction of sp³-hybridized carbons (Fsp3) is 0.438. The van der Waals surface area contributed by atoms with Gasteiger partial charge in [0, 0.05) is 12.2 Å². The summed E-state index contributed by atoms with van der Waals surface area (Å²) < 4.78 is 0. The van der Waals surface area contributed by atoms with E-state index in [-0.39, 0.29) is 5.96 Å². The van der Waals surface area contributed by atoms with Crippen LogP contribution < -0.4 is 10.6 Å². The first-order chi connectivity index (χ1) is 9.70. The van der Waals surface area contributed by atoms with Gasteiger partial charge in [0.15, 0.2) is 0 Å². The van der Waals surface area contributed by atoms with Gasteiger partial charge in [-0.1, -0.05) is 22.8 Å². The van der Waals surface area contributed by atoms with Gasteiger partial charge < -0.3 is 0 Å². The highest BCUT2D eigenvalue weighted by atomic mass is 16.2. The van der Waals surface area contributed by atoms with Crippen molar-refractivity contribution < 1.29 is 9.59 Å². The van der Waals surface area contributed by atoms with E-state index in [1.165, 1.54) is 17.7 Å². The zero-order valence-electron chi connectivity index (χ0n) is 13.5. The molecule has 0 fully saturated rings. The molecule has 0 aliphatic carbocycles. The lowest BCUT2D eigenvalue weighted by atomic mass is 10.1. The van der Waals surface area contributed by atoms with Crippen LogP contribution in [0.5, 0.6) is 0 Å². The second kappa shape index (κ2) is 9.69. The van der Waals surface area contributed by atoms with E-state index in [2.05, 4.69) is 16.7 Å². The van der Waals surface area contributed by atoms with Crippen LogP contribution >= 0.6 is 0 Å². The largest absolute Gasteiger partial charge is 0.293 e. The van der Waals surface area contributed by atoms with Gasteiger partial charge in [-0.15, -0.1) is 0 Å². The Balaban J connectivity index is 4.30. The maximum atomic E-state index is 11.7. The normalized spacial score (nSPS) is 10.4. The minimum Gasteiger partial charge on any atom is -0.293 e. The molecule has 0 saturated carbocycles. The number of nitrogens with one attached hydrogen (secondary N) is 3. The Morgan fingerprint density at radius 3 is 1.90 bits per heavy atom. The molecule has 0 heterocycles. The Hall–Kier alpha value is -2.17. The van der Waals surface area contributed by atoms with E-state index >= 15 is 0 Å². The molecule has 3 N–H and O–H groups in total. The van der Waals surface area contributed by atoms with Crippen LogP contribution in [0.2, 0.25) is 0 Å². The van der Waals surface area contributed by atoms with E-state index in [4.69, 9.17) is 5.41 Å². The number of allylic oxidation sites excluding steroid dienone is 4. The molecule has 0 atom stereocenters. The van der Waals surface area contributed by atoms with E-state index in [1.807, 2.05) is 20.8 Å². The Morgan fingerprint density at radius 1 is 0.905 bits per heavy atom. The average molecular weight is 291 g/mol. The van der Waals surface area contributed by atoms with Gasteiger partial charge in [0.25, 0.3) is 11.8 Å². The lowest BCUT2D eigenvalue weighted by Crippen LogP contribution is -2.42. The highest BCUT2D eigenvalue weighted by Crippen LogP contribution is 2.06. The summed E-state index contributed by atoms with van der Waals surface area (Å²) in [6, 6.07) is 0. The number of carbonyl (C=O) groups excluding carboxylic acids is 2. The maximum absolute atomic E-state index is 11.7. The summed E-state index contributed by atoms with van der Waals surface area (Å²) in [6.07, 6.45) is 6.58. The number of amides is 2. The van der Waals surface area contributed by atoms with Crippen LogP contribution in [-0.2, 0) is 9.59 Å². The Bertz CT molecular complexity index is 492. The molecule has 0 aliphatic heterocycles. The predicted octanol–water partition coefficient (Wildman–Crippen LogP) is 2.81. The molecule has 0 saturated heterocycles. The third kappa shape index (κ3) is 11.4. The van der Waals surface area contributed by atoms with Crippen molar-refractivity contribution in [3.8, 4) is 0 Å². The molecule has 0 radical (unpaired) electrons. The van der Waals surface area contributed by atoms with Crippen LogP contribution in [-0.4, -0.2) is 17.8 Å². The summed E-state index contributed by atoms with van der Waals surface area (Å²) in [5, 5.41) is 12.1. The van der Waals surface area contributed by atoms with Crippen molar-refractivity contribution >= 4 is 17.8 Å². The first-order valence-electron chi connectivity index (χ1n) is 6.86. The molecule has 0 aromatic heterocycles. The molecule has 0 aromatic carbocycles. The number of rotatable bonds is 5. The number of hydrogen-bond acceptors (Lipinski definition) is 3. The van der Waals surface area contributed by atoms with Gasteiger partial charge in [-0.25, -0.2) is 0 Å². The summed E-state index contributed by atoms with van der Waals surface area (Å²) >= 11 is 0. The highest BCUT2D eigenvalue weighted by Gasteiger charge is 2.05. The molecule has 0 rings (SSSR count). The molecule has 116 valence electrons. The minimum absolute atomic E-state index is 0.323. The molecule has 0 bridgehead atoms. The predicted molar refractivity (Wildman–Crippen MR) is 85.9 cm³/mol. The van der Waals surface area contributed by atoms with Crippen LogP contribution in [0, 0.1) is 5.41 Å². The summed E-state index contributed by atoms with van der Waals surface area (Å²) in [4.78, 5) is 23.0. The van der Waals surface area contributed by atoms with Gasteiger partial charge in [0.05, 0.1) is 0 Å². The fourth-order valence-corrected chi connectivity index (χ4v) is 1.50. The second-order valence-electron chi connectivity index (χ2n) is 5.39. The van der Waals surface area contributed by atoms with Crippen molar-refractivity contribution in [2.75, 3.05) is 0 Å². The molecule has 5 heteroatoms. The van der Waals surface area contributed by atoms with Gasteiger partial charge in [-0.2, -0.15) is 0 Å². The second-order valence-corrected chi connectivity index (χ2v) is 5.39. The van der Waals surface area contributed by atoms with Crippen LogP contribution in [0.3, 0.4) is 0 Å². The Kier molecular flexibility index (Phi) is 8.69. The molecular formula is C16H25N3O2. The van der Waals surface area contributed by atoms with E-state index in [0.29, 0.717) is 0 Å². The lowest BCUT2D eigenvalue weighted by molar-refractivity contribution is -0.115. The van der Waals surface area contributed by atoms with Crippen LogP contribution in [0.15, 0.2) is 34.9 Å². The zero-order valence-corrected chi connectivity index (χ0v) is 13.5. The third-order valence-corrected chi connectivity index (χ3v) is 2.38. The summed E-state index contributed by atoms with van der Waals surface area (Å²) in [7, 11) is 0.